The van der Waals surface area contributed by atoms with Crippen LogP contribution in [0.25, 0.3) is 0 Å². The molecule has 2 heterocycles. The zero-order valence-electron chi connectivity index (χ0n) is 10.9. The number of halogens is 1. The van der Waals surface area contributed by atoms with Gasteiger partial charge in [-0.2, -0.15) is 0 Å². The average molecular weight is 340 g/mol. The van der Waals surface area contributed by atoms with Crippen LogP contribution in [0.15, 0.2) is 16.6 Å². The van der Waals surface area contributed by atoms with E-state index < -0.39 is 0 Å². The van der Waals surface area contributed by atoms with Crippen molar-refractivity contribution in [3.8, 4) is 5.75 Å². The smallest absolute Gasteiger partial charge is 0.262 e. The molecule has 2 unspecified atom stereocenters. The number of carbonyl (C=O) groups excluding carboxylic acids is 2. The molecule has 106 valence electrons. The fraction of sp³-hybridized carbons (Fsp3) is 0.429. The maximum Gasteiger partial charge on any atom is 0.262 e. The molecule has 0 saturated carbocycles. The van der Waals surface area contributed by atoms with E-state index in [-0.39, 0.29) is 30.3 Å². The Morgan fingerprint density at radius 3 is 2.95 bits per heavy atom. The Kier molecular flexibility index (Phi) is 3.52. The number of rotatable bonds is 2. The summed E-state index contributed by atoms with van der Waals surface area (Å²) in [5.41, 5.74) is 1.16. The molecule has 1 N–H and O–H groups in total. The molecule has 20 heavy (non-hydrogen) atoms. The molecule has 0 aliphatic carbocycles. The highest BCUT2D eigenvalue weighted by atomic mass is 79.9. The third-order valence-electron chi connectivity index (χ3n) is 3.68. The Morgan fingerprint density at radius 1 is 1.45 bits per heavy atom. The van der Waals surface area contributed by atoms with Gasteiger partial charge in [-0.05, 0) is 41.4 Å². The highest BCUT2D eigenvalue weighted by molar-refractivity contribution is 9.10. The highest BCUT2D eigenvalue weighted by Gasteiger charge is 2.33. The minimum Gasteiger partial charge on any atom is -0.482 e. The van der Waals surface area contributed by atoms with Crippen LogP contribution in [0.5, 0.6) is 5.75 Å². The first kappa shape index (κ1) is 13.6. The summed E-state index contributed by atoms with van der Waals surface area (Å²) in [7, 11) is 0. The molecule has 2 atom stereocenters. The van der Waals surface area contributed by atoms with E-state index in [0.717, 1.165) is 6.42 Å². The van der Waals surface area contributed by atoms with Gasteiger partial charge in [-0.25, -0.2) is 0 Å². The van der Waals surface area contributed by atoms with E-state index in [9.17, 15) is 9.59 Å². The number of amides is 1. The van der Waals surface area contributed by atoms with Crippen LogP contribution in [0.4, 0.5) is 5.69 Å². The largest absolute Gasteiger partial charge is 0.482 e. The van der Waals surface area contributed by atoms with Gasteiger partial charge in [0.05, 0.1) is 17.7 Å². The van der Waals surface area contributed by atoms with E-state index in [1.165, 1.54) is 0 Å². The molecule has 1 aromatic rings. The van der Waals surface area contributed by atoms with Gasteiger partial charge in [0.1, 0.15) is 5.75 Å². The third kappa shape index (κ3) is 2.33. The number of carbonyl (C=O) groups is 2. The second-order valence-corrected chi connectivity index (χ2v) is 5.85. The summed E-state index contributed by atoms with van der Waals surface area (Å²) in [6.45, 7) is 2.51. The molecular formula is C14H14BrNO4. The van der Waals surface area contributed by atoms with Crippen molar-refractivity contribution in [2.45, 2.75) is 19.4 Å². The van der Waals surface area contributed by atoms with Gasteiger partial charge < -0.3 is 14.8 Å². The summed E-state index contributed by atoms with van der Waals surface area (Å²) in [6.07, 6.45) is 0.673. The number of anilines is 1. The first-order chi connectivity index (χ1) is 9.56. The number of hydrogen-bond donors (Lipinski definition) is 1. The van der Waals surface area contributed by atoms with Crippen molar-refractivity contribution in [1.29, 1.82) is 0 Å². The lowest BCUT2D eigenvalue weighted by atomic mass is 9.92. The zero-order chi connectivity index (χ0) is 14.3. The van der Waals surface area contributed by atoms with Gasteiger partial charge in [0.2, 0.25) is 0 Å². The SMILES string of the molecule is CC1OCCC1C(=O)c1cc2c(cc1Br)NC(=O)CO2. The molecule has 2 aliphatic rings. The first-order valence-corrected chi connectivity index (χ1v) is 7.27. The predicted octanol–water partition coefficient (Wildman–Crippen LogP) is 2.39. The van der Waals surface area contributed by atoms with Gasteiger partial charge in [0.25, 0.3) is 5.91 Å². The molecule has 5 nitrogen and oxygen atoms in total. The molecule has 3 rings (SSSR count). The van der Waals surface area contributed by atoms with E-state index in [1.807, 2.05) is 6.92 Å². The van der Waals surface area contributed by atoms with Gasteiger partial charge in [-0.15, -0.1) is 0 Å². The van der Waals surface area contributed by atoms with Gasteiger partial charge in [-0.1, -0.05) is 0 Å². The van der Waals surface area contributed by atoms with Gasteiger partial charge in [0.15, 0.2) is 12.4 Å². The molecule has 0 aromatic heterocycles. The monoisotopic (exact) mass is 339 g/mol. The number of ether oxygens (including phenoxy) is 2. The van der Waals surface area contributed by atoms with Crippen LogP contribution >= 0.6 is 15.9 Å². The van der Waals surface area contributed by atoms with Crippen molar-refractivity contribution < 1.29 is 19.1 Å². The van der Waals surface area contributed by atoms with Crippen molar-refractivity contribution in [2.24, 2.45) is 5.92 Å². The normalized spacial score (nSPS) is 24.8. The van der Waals surface area contributed by atoms with Gasteiger partial charge in [-0.3, -0.25) is 9.59 Å². The summed E-state index contributed by atoms with van der Waals surface area (Å²) in [5.74, 6) is 0.261. The van der Waals surface area contributed by atoms with E-state index >= 15 is 0 Å². The molecule has 1 fully saturated rings. The Morgan fingerprint density at radius 2 is 2.25 bits per heavy atom. The molecule has 1 amide bonds. The molecule has 1 saturated heterocycles. The highest BCUT2D eigenvalue weighted by Crippen LogP contribution is 2.36. The summed E-state index contributed by atoms with van der Waals surface area (Å²) >= 11 is 3.39. The fourth-order valence-corrected chi connectivity index (χ4v) is 3.10. The Hall–Kier alpha value is -1.40. The zero-order valence-corrected chi connectivity index (χ0v) is 12.5. The lowest BCUT2D eigenvalue weighted by Gasteiger charge is -2.20. The van der Waals surface area contributed by atoms with Crippen LogP contribution in [-0.4, -0.2) is 31.0 Å². The number of Topliss-reactive ketones (excluding diaryl/α,β-unsaturated/α-hetero) is 1. The molecule has 0 bridgehead atoms. The third-order valence-corrected chi connectivity index (χ3v) is 4.34. The van der Waals surface area contributed by atoms with Crippen LogP contribution in [0.2, 0.25) is 0 Å². The Bertz CT molecular complexity index is 587. The standard InChI is InChI=1S/C14H14BrNO4/c1-7-8(2-3-19-7)14(18)9-4-12-11(5-10(9)15)16-13(17)6-20-12/h4-5,7-8H,2-3,6H2,1H3,(H,16,17). The van der Waals surface area contributed by atoms with E-state index in [2.05, 4.69) is 21.2 Å². The van der Waals surface area contributed by atoms with Crippen LogP contribution in [0.3, 0.4) is 0 Å². The summed E-state index contributed by atoms with van der Waals surface area (Å²) < 4.78 is 11.5. The Balaban J connectivity index is 1.94. The maximum atomic E-state index is 12.6. The van der Waals surface area contributed by atoms with Crippen molar-refractivity contribution in [3.05, 3.63) is 22.2 Å². The topological polar surface area (TPSA) is 64.6 Å². The van der Waals surface area contributed by atoms with Crippen molar-refractivity contribution in [3.63, 3.8) is 0 Å². The lowest BCUT2D eigenvalue weighted by molar-refractivity contribution is -0.118. The van der Waals surface area contributed by atoms with Crippen molar-refractivity contribution >= 4 is 33.3 Å². The second-order valence-electron chi connectivity index (χ2n) is 5.00. The summed E-state index contributed by atoms with van der Waals surface area (Å²) in [4.78, 5) is 23.8. The molecule has 2 aliphatic heterocycles. The van der Waals surface area contributed by atoms with E-state index in [1.54, 1.807) is 12.1 Å². The number of nitrogens with one attached hydrogen (secondary N) is 1. The Labute approximate surface area is 124 Å². The minimum absolute atomic E-state index is 0.0226. The van der Waals surface area contributed by atoms with E-state index in [4.69, 9.17) is 9.47 Å². The second kappa shape index (κ2) is 5.18. The van der Waals surface area contributed by atoms with E-state index in [0.29, 0.717) is 28.1 Å². The van der Waals surface area contributed by atoms with Crippen LogP contribution in [0.1, 0.15) is 23.7 Å². The van der Waals surface area contributed by atoms with Crippen LogP contribution in [0, 0.1) is 5.92 Å². The summed E-state index contributed by atoms with van der Waals surface area (Å²) in [6, 6.07) is 3.40. The maximum absolute atomic E-state index is 12.6. The average Bonchev–Trinajstić information content (AvgIpc) is 2.83. The van der Waals surface area contributed by atoms with Gasteiger partial charge in [0, 0.05) is 16.6 Å². The number of benzene rings is 1. The summed E-state index contributed by atoms with van der Waals surface area (Å²) in [5, 5.41) is 2.72. The molecule has 1 aromatic carbocycles. The lowest BCUT2D eigenvalue weighted by Crippen LogP contribution is -2.26. The van der Waals surface area contributed by atoms with Crippen molar-refractivity contribution in [2.75, 3.05) is 18.5 Å². The number of fused-ring (bicyclic) bond motifs is 1. The predicted molar refractivity (Wildman–Crippen MR) is 76.1 cm³/mol. The number of ketones is 1. The van der Waals surface area contributed by atoms with Crippen LogP contribution in [-0.2, 0) is 9.53 Å². The minimum atomic E-state index is -0.193. The first-order valence-electron chi connectivity index (χ1n) is 6.48. The molecule has 0 radical (unpaired) electrons. The molecule has 0 spiro atoms. The van der Waals surface area contributed by atoms with Gasteiger partial charge >= 0.3 is 0 Å². The van der Waals surface area contributed by atoms with Crippen LogP contribution < -0.4 is 10.1 Å². The quantitative estimate of drug-likeness (QED) is 0.840. The molecule has 6 heteroatoms. The fourth-order valence-electron chi connectivity index (χ4n) is 2.56. The molecular weight excluding hydrogens is 326 g/mol. The van der Waals surface area contributed by atoms with Crippen molar-refractivity contribution in [1.82, 2.24) is 0 Å². The number of hydrogen-bond acceptors (Lipinski definition) is 4.